The summed E-state index contributed by atoms with van der Waals surface area (Å²) in [6.07, 6.45) is -0.189. The zero-order valence-corrected chi connectivity index (χ0v) is 12.0. The Morgan fingerprint density at radius 2 is 1.71 bits per heavy atom. The SMILES string of the molecule is CC(C)C(NC(=O)CCC(N)C(=O)O)C(=O)NCC(=O)O. The highest BCUT2D eigenvalue weighted by molar-refractivity contribution is 5.89. The summed E-state index contributed by atoms with van der Waals surface area (Å²) in [6.45, 7) is 2.84. The van der Waals surface area contributed by atoms with E-state index in [-0.39, 0.29) is 18.8 Å². The minimum atomic E-state index is -1.21. The Kier molecular flexibility index (Phi) is 7.99. The monoisotopic (exact) mass is 303 g/mol. The van der Waals surface area contributed by atoms with Gasteiger partial charge in [0.25, 0.3) is 0 Å². The van der Waals surface area contributed by atoms with Crippen molar-refractivity contribution in [2.45, 2.75) is 38.8 Å². The molecular weight excluding hydrogens is 282 g/mol. The lowest BCUT2D eigenvalue weighted by Gasteiger charge is -2.21. The number of carbonyl (C=O) groups excluding carboxylic acids is 2. The van der Waals surface area contributed by atoms with Gasteiger partial charge in [-0.25, -0.2) is 0 Å². The fourth-order valence-corrected chi connectivity index (χ4v) is 1.46. The molecular formula is C12H21N3O6. The van der Waals surface area contributed by atoms with Crippen molar-refractivity contribution in [2.75, 3.05) is 6.54 Å². The number of carbonyl (C=O) groups is 4. The molecule has 0 aliphatic rings. The first-order valence-corrected chi connectivity index (χ1v) is 6.42. The molecule has 0 aliphatic carbocycles. The van der Waals surface area contributed by atoms with Crippen molar-refractivity contribution in [2.24, 2.45) is 11.7 Å². The summed E-state index contributed by atoms with van der Waals surface area (Å²) < 4.78 is 0. The number of aliphatic carboxylic acids is 2. The van der Waals surface area contributed by atoms with Crippen LogP contribution >= 0.6 is 0 Å². The molecule has 0 heterocycles. The van der Waals surface area contributed by atoms with Gasteiger partial charge in [0.1, 0.15) is 18.6 Å². The van der Waals surface area contributed by atoms with Crippen molar-refractivity contribution in [1.82, 2.24) is 10.6 Å². The lowest BCUT2D eigenvalue weighted by atomic mass is 10.0. The summed E-state index contributed by atoms with van der Waals surface area (Å²) in [5.74, 6) is -3.78. The molecule has 6 N–H and O–H groups in total. The lowest BCUT2D eigenvalue weighted by molar-refractivity contribution is -0.139. The van der Waals surface area contributed by atoms with Gasteiger partial charge in [-0.1, -0.05) is 13.8 Å². The number of carboxylic acid groups (broad SMARTS) is 2. The lowest BCUT2D eigenvalue weighted by Crippen LogP contribution is -2.50. The molecule has 0 spiro atoms. The minimum absolute atomic E-state index is 0.0529. The van der Waals surface area contributed by atoms with Crippen LogP contribution in [0.2, 0.25) is 0 Å². The third-order valence-electron chi connectivity index (χ3n) is 2.68. The number of hydrogen-bond acceptors (Lipinski definition) is 5. The van der Waals surface area contributed by atoms with Gasteiger partial charge in [-0.15, -0.1) is 0 Å². The van der Waals surface area contributed by atoms with Crippen molar-refractivity contribution in [3.63, 3.8) is 0 Å². The molecule has 0 aromatic rings. The van der Waals surface area contributed by atoms with Gasteiger partial charge in [0.15, 0.2) is 0 Å². The van der Waals surface area contributed by atoms with E-state index in [2.05, 4.69) is 10.6 Å². The number of rotatable bonds is 9. The van der Waals surface area contributed by atoms with Gasteiger partial charge in [-0.05, 0) is 12.3 Å². The quantitative estimate of drug-likeness (QED) is 0.347. The molecule has 2 amide bonds. The van der Waals surface area contributed by atoms with Gasteiger partial charge in [-0.2, -0.15) is 0 Å². The Morgan fingerprint density at radius 1 is 1.14 bits per heavy atom. The van der Waals surface area contributed by atoms with E-state index in [0.717, 1.165) is 0 Å². The van der Waals surface area contributed by atoms with Crippen LogP contribution in [0.4, 0.5) is 0 Å². The van der Waals surface area contributed by atoms with Crippen LogP contribution in [0.5, 0.6) is 0 Å². The van der Waals surface area contributed by atoms with Crippen molar-refractivity contribution in [3.8, 4) is 0 Å². The third kappa shape index (κ3) is 7.88. The van der Waals surface area contributed by atoms with Gasteiger partial charge >= 0.3 is 11.9 Å². The molecule has 0 saturated heterocycles. The van der Waals surface area contributed by atoms with Crippen LogP contribution in [0.3, 0.4) is 0 Å². The highest BCUT2D eigenvalue weighted by atomic mass is 16.4. The summed E-state index contributed by atoms with van der Waals surface area (Å²) in [5.41, 5.74) is 5.27. The second kappa shape index (κ2) is 8.90. The molecule has 0 aromatic carbocycles. The molecule has 2 unspecified atom stereocenters. The van der Waals surface area contributed by atoms with Crippen LogP contribution in [0.15, 0.2) is 0 Å². The minimum Gasteiger partial charge on any atom is -0.480 e. The Hall–Kier alpha value is -2.16. The molecule has 9 nitrogen and oxygen atoms in total. The number of hydrogen-bond donors (Lipinski definition) is 5. The van der Waals surface area contributed by atoms with Crippen LogP contribution in [0.1, 0.15) is 26.7 Å². The third-order valence-corrected chi connectivity index (χ3v) is 2.68. The highest BCUT2D eigenvalue weighted by Crippen LogP contribution is 2.03. The van der Waals surface area contributed by atoms with Gasteiger partial charge in [0.05, 0.1) is 0 Å². The Balaban J connectivity index is 4.43. The van der Waals surface area contributed by atoms with Crippen LogP contribution in [-0.4, -0.2) is 52.6 Å². The Morgan fingerprint density at radius 3 is 2.14 bits per heavy atom. The summed E-state index contributed by atoms with van der Waals surface area (Å²) >= 11 is 0. The standard InChI is InChI=1S/C12H21N3O6/c1-6(2)10(11(19)14-5-9(17)18)15-8(16)4-3-7(13)12(20)21/h6-7,10H,3-5,13H2,1-2H3,(H,14,19)(H,15,16)(H,17,18)(H,20,21). The van der Waals surface area contributed by atoms with Gasteiger partial charge in [0, 0.05) is 6.42 Å². The summed E-state index contributed by atoms with van der Waals surface area (Å²) in [7, 11) is 0. The first-order chi connectivity index (χ1) is 9.65. The molecule has 0 bridgehead atoms. The van der Waals surface area contributed by atoms with Crippen LogP contribution in [-0.2, 0) is 19.2 Å². The van der Waals surface area contributed by atoms with Crippen molar-refractivity contribution in [1.29, 1.82) is 0 Å². The second-order valence-corrected chi connectivity index (χ2v) is 4.88. The molecule has 9 heteroatoms. The molecule has 2 atom stereocenters. The summed E-state index contributed by atoms with van der Waals surface area (Å²) in [6, 6.07) is -2.04. The molecule has 0 rings (SSSR count). The van der Waals surface area contributed by atoms with Gasteiger partial charge in [0.2, 0.25) is 11.8 Å². The first kappa shape index (κ1) is 18.8. The van der Waals surface area contributed by atoms with Crippen LogP contribution in [0.25, 0.3) is 0 Å². The van der Waals surface area contributed by atoms with E-state index in [1.807, 2.05) is 0 Å². The van der Waals surface area contributed by atoms with Crippen molar-refractivity contribution < 1.29 is 29.4 Å². The van der Waals surface area contributed by atoms with Gasteiger partial charge in [-0.3, -0.25) is 19.2 Å². The fourth-order valence-electron chi connectivity index (χ4n) is 1.46. The molecule has 0 saturated carbocycles. The van der Waals surface area contributed by atoms with Crippen LogP contribution in [0, 0.1) is 5.92 Å². The Labute approximate surface area is 121 Å². The number of carboxylic acids is 2. The van der Waals surface area contributed by atoms with Crippen molar-refractivity contribution in [3.05, 3.63) is 0 Å². The van der Waals surface area contributed by atoms with Crippen LogP contribution < -0.4 is 16.4 Å². The smallest absolute Gasteiger partial charge is 0.322 e. The topological polar surface area (TPSA) is 159 Å². The number of nitrogens with two attached hydrogens (primary N) is 1. The summed E-state index contributed by atoms with van der Waals surface area (Å²) in [5, 5.41) is 21.7. The molecule has 0 radical (unpaired) electrons. The van der Waals surface area contributed by atoms with E-state index in [1.165, 1.54) is 0 Å². The Bertz CT molecular complexity index is 410. The van der Waals surface area contributed by atoms with E-state index in [1.54, 1.807) is 13.8 Å². The van der Waals surface area contributed by atoms with E-state index >= 15 is 0 Å². The molecule has 0 fully saturated rings. The molecule has 120 valence electrons. The zero-order valence-electron chi connectivity index (χ0n) is 12.0. The number of nitrogens with one attached hydrogen (secondary N) is 2. The average molecular weight is 303 g/mol. The maximum absolute atomic E-state index is 11.8. The predicted octanol–water partition coefficient (Wildman–Crippen LogP) is -1.48. The summed E-state index contributed by atoms with van der Waals surface area (Å²) in [4.78, 5) is 44.3. The maximum atomic E-state index is 11.8. The largest absolute Gasteiger partial charge is 0.480 e. The van der Waals surface area contributed by atoms with E-state index in [4.69, 9.17) is 15.9 Å². The molecule has 0 aromatic heterocycles. The van der Waals surface area contributed by atoms with Crippen molar-refractivity contribution >= 4 is 23.8 Å². The first-order valence-electron chi connectivity index (χ1n) is 6.42. The van der Waals surface area contributed by atoms with E-state index < -0.39 is 42.4 Å². The molecule has 0 aliphatic heterocycles. The maximum Gasteiger partial charge on any atom is 0.322 e. The second-order valence-electron chi connectivity index (χ2n) is 4.88. The zero-order chi connectivity index (χ0) is 16.6. The average Bonchev–Trinajstić information content (AvgIpc) is 2.38. The van der Waals surface area contributed by atoms with Gasteiger partial charge < -0.3 is 26.6 Å². The normalized spacial score (nSPS) is 13.3. The molecule has 21 heavy (non-hydrogen) atoms. The fraction of sp³-hybridized carbons (Fsp3) is 0.667. The number of amides is 2. The van der Waals surface area contributed by atoms with E-state index in [9.17, 15) is 19.2 Å². The predicted molar refractivity (Wildman–Crippen MR) is 72.3 cm³/mol. The van der Waals surface area contributed by atoms with E-state index in [0.29, 0.717) is 0 Å². The highest BCUT2D eigenvalue weighted by Gasteiger charge is 2.24.